The van der Waals surface area contributed by atoms with Crippen molar-refractivity contribution in [3.8, 4) is 11.5 Å². The zero-order valence-corrected chi connectivity index (χ0v) is 16.0. The summed E-state index contributed by atoms with van der Waals surface area (Å²) < 4.78 is 11.0. The maximum atomic E-state index is 13.1. The Morgan fingerprint density at radius 3 is 2.63 bits per heavy atom. The number of urea groups is 1. The molecule has 2 amide bonds. The second kappa shape index (κ2) is 7.10. The predicted molar refractivity (Wildman–Crippen MR) is 103 cm³/mol. The number of amides is 2. The Morgan fingerprint density at radius 2 is 1.96 bits per heavy atom. The molecule has 0 bridgehead atoms. The third-order valence-corrected chi connectivity index (χ3v) is 5.50. The molecule has 1 fully saturated rings. The summed E-state index contributed by atoms with van der Waals surface area (Å²) in [5.74, 6) is 1.96. The van der Waals surface area contributed by atoms with E-state index in [-0.39, 0.29) is 12.1 Å². The van der Waals surface area contributed by atoms with Crippen molar-refractivity contribution in [3.63, 3.8) is 0 Å². The van der Waals surface area contributed by atoms with E-state index in [1.54, 1.807) is 20.4 Å². The number of aryl methyl sites for hydroxylation is 1. The van der Waals surface area contributed by atoms with Crippen molar-refractivity contribution in [1.29, 1.82) is 0 Å². The van der Waals surface area contributed by atoms with Gasteiger partial charge in [-0.1, -0.05) is 0 Å². The fourth-order valence-electron chi connectivity index (χ4n) is 3.93. The molecule has 0 spiro atoms. The van der Waals surface area contributed by atoms with E-state index in [9.17, 15) is 4.79 Å². The van der Waals surface area contributed by atoms with E-state index < -0.39 is 0 Å². The monoisotopic (exact) mass is 367 g/mol. The molecule has 6 heteroatoms. The highest BCUT2D eigenvalue weighted by molar-refractivity contribution is 5.90. The highest BCUT2D eigenvalue weighted by Gasteiger charge is 2.42. The molecule has 1 aliphatic carbocycles. The first kappa shape index (κ1) is 17.6. The molecule has 1 unspecified atom stereocenters. The van der Waals surface area contributed by atoms with Gasteiger partial charge in [0.15, 0.2) is 11.5 Å². The third kappa shape index (κ3) is 3.31. The zero-order valence-electron chi connectivity index (χ0n) is 16.0. The highest BCUT2D eigenvalue weighted by atomic mass is 16.5. The van der Waals surface area contributed by atoms with Crippen LogP contribution in [-0.2, 0) is 6.42 Å². The maximum Gasteiger partial charge on any atom is 0.322 e. The standard InChI is InChI=1S/C21H25N3O3/c1-13-17(5-4-9-22-13)23-21(25)24-10-8-15-11-18(26-2)19(27-3)12-16(15)20(24)14-6-7-14/h4-5,9,11-12,14,20H,6-8,10H2,1-3H3,(H,23,25). The number of rotatable bonds is 4. The van der Waals surface area contributed by atoms with Gasteiger partial charge < -0.3 is 19.7 Å². The van der Waals surface area contributed by atoms with E-state index in [1.807, 2.05) is 30.0 Å². The van der Waals surface area contributed by atoms with Crippen LogP contribution in [0, 0.1) is 12.8 Å². The van der Waals surface area contributed by atoms with Gasteiger partial charge in [0.25, 0.3) is 0 Å². The minimum Gasteiger partial charge on any atom is -0.493 e. The maximum absolute atomic E-state index is 13.1. The van der Waals surface area contributed by atoms with Crippen LogP contribution in [0.25, 0.3) is 0 Å². The highest BCUT2D eigenvalue weighted by Crippen LogP contribution is 2.49. The molecule has 4 rings (SSSR count). The number of nitrogens with one attached hydrogen (secondary N) is 1. The van der Waals surface area contributed by atoms with E-state index in [1.165, 1.54) is 11.1 Å². The summed E-state index contributed by atoms with van der Waals surface area (Å²) in [7, 11) is 3.30. The largest absolute Gasteiger partial charge is 0.493 e. The first-order chi connectivity index (χ1) is 13.1. The molecule has 0 radical (unpaired) electrons. The molecule has 2 heterocycles. The van der Waals surface area contributed by atoms with Crippen molar-refractivity contribution < 1.29 is 14.3 Å². The lowest BCUT2D eigenvalue weighted by atomic mass is 9.89. The molecule has 1 atom stereocenters. The van der Waals surface area contributed by atoms with Crippen molar-refractivity contribution in [2.45, 2.75) is 32.2 Å². The first-order valence-corrected chi connectivity index (χ1v) is 9.36. The number of carbonyl (C=O) groups is 1. The minimum atomic E-state index is -0.0663. The van der Waals surface area contributed by atoms with Gasteiger partial charge in [0, 0.05) is 12.7 Å². The van der Waals surface area contributed by atoms with Crippen molar-refractivity contribution in [2.24, 2.45) is 5.92 Å². The van der Waals surface area contributed by atoms with E-state index in [0.717, 1.165) is 36.4 Å². The van der Waals surface area contributed by atoms with E-state index in [0.29, 0.717) is 18.2 Å². The summed E-state index contributed by atoms with van der Waals surface area (Å²) in [6, 6.07) is 7.84. The smallest absolute Gasteiger partial charge is 0.322 e. The lowest BCUT2D eigenvalue weighted by Gasteiger charge is -2.38. The molecular formula is C21H25N3O3. The quantitative estimate of drug-likeness (QED) is 0.889. The van der Waals surface area contributed by atoms with Gasteiger partial charge in [-0.3, -0.25) is 4.98 Å². The van der Waals surface area contributed by atoms with Crippen molar-refractivity contribution in [1.82, 2.24) is 9.88 Å². The third-order valence-electron chi connectivity index (χ3n) is 5.50. The topological polar surface area (TPSA) is 63.7 Å². The van der Waals surface area contributed by atoms with Gasteiger partial charge >= 0.3 is 6.03 Å². The van der Waals surface area contributed by atoms with Crippen LogP contribution < -0.4 is 14.8 Å². The van der Waals surface area contributed by atoms with Crippen LogP contribution >= 0.6 is 0 Å². The van der Waals surface area contributed by atoms with Gasteiger partial charge in [-0.05, 0) is 67.5 Å². The molecular weight excluding hydrogens is 342 g/mol. The fourth-order valence-corrected chi connectivity index (χ4v) is 3.93. The number of fused-ring (bicyclic) bond motifs is 1. The second-order valence-corrected chi connectivity index (χ2v) is 7.20. The van der Waals surface area contributed by atoms with Crippen LogP contribution in [0.15, 0.2) is 30.5 Å². The van der Waals surface area contributed by atoms with Crippen LogP contribution in [0.5, 0.6) is 11.5 Å². The minimum absolute atomic E-state index is 0.0663. The van der Waals surface area contributed by atoms with Crippen LogP contribution in [0.2, 0.25) is 0 Å². The number of hydrogen-bond donors (Lipinski definition) is 1. The van der Waals surface area contributed by atoms with Gasteiger partial charge in [-0.2, -0.15) is 0 Å². The Morgan fingerprint density at radius 1 is 1.22 bits per heavy atom. The number of hydrogen-bond acceptors (Lipinski definition) is 4. The molecule has 1 N–H and O–H groups in total. The molecule has 6 nitrogen and oxygen atoms in total. The molecule has 1 saturated carbocycles. The average molecular weight is 367 g/mol. The van der Waals surface area contributed by atoms with E-state index in [4.69, 9.17) is 9.47 Å². The molecule has 2 aliphatic rings. The number of anilines is 1. The van der Waals surface area contributed by atoms with Crippen molar-refractivity contribution in [3.05, 3.63) is 47.3 Å². The van der Waals surface area contributed by atoms with Gasteiger partial charge in [0.2, 0.25) is 0 Å². The average Bonchev–Trinajstić information content (AvgIpc) is 3.52. The molecule has 1 aromatic heterocycles. The van der Waals surface area contributed by atoms with Crippen LogP contribution in [0.3, 0.4) is 0 Å². The van der Waals surface area contributed by atoms with Gasteiger partial charge in [0.05, 0.1) is 31.6 Å². The van der Waals surface area contributed by atoms with Crippen molar-refractivity contribution in [2.75, 3.05) is 26.1 Å². The zero-order chi connectivity index (χ0) is 19.0. The number of carbonyl (C=O) groups excluding carboxylic acids is 1. The second-order valence-electron chi connectivity index (χ2n) is 7.20. The Balaban J connectivity index is 1.65. The number of methoxy groups -OCH3 is 2. The first-order valence-electron chi connectivity index (χ1n) is 9.36. The number of benzene rings is 1. The summed E-state index contributed by atoms with van der Waals surface area (Å²) in [5, 5.41) is 3.04. The molecule has 0 saturated heterocycles. The molecule has 1 aliphatic heterocycles. The predicted octanol–water partition coefficient (Wildman–Crippen LogP) is 3.95. The molecule has 1 aromatic carbocycles. The summed E-state index contributed by atoms with van der Waals surface area (Å²) in [4.78, 5) is 19.3. The fraction of sp³-hybridized carbons (Fsp3) is 0.429. The Bertz CT molecular complexity index is 864. The van der Waals surface area contributed by atoms with Crippen LogP contribution in [0.4, 0.5) is 10.5 Å². The Kier molecular flexibility index (Phi) is 4.64. The van der Waals surface area contributed by atoms with Crippen LogP contribution in [-0.4, -0.2) is 36.7 Å². The summed E-state index contributed by atoms with van der Waals surface area (Å²) >= 11 is 0. The van der Waals surface area contributed by atoms with Gasteiger partial charge in [-0.15, -0.1) is 0 Å². The van der Waals surface area contributed by atoms with Crippen LogP contribution in [0.1, 0.15) is 35.7 Å². The van der Waals surface area contributed by atoms with Gasteiger partial charge in [-0.25, -0.2) is 4.79 Å². The summed E-state index contributed by atoms with van der Waals surface area (Å²) in [6.45, 7) is 2.59. The van der Waals surface area contributed by atoms with E-state index in [2.05, 4.69) is 16.4 Å². The lowest BCUT2D eigenvalue weighted by Crippen LogP contribution is -2.43. The Hall–Kier alpha value is -2.76. The molecule has 2 aromatic rings. The molecule has 27 heavy (non-hydrogen) atoms. The van der Waals surface area contributed by atoms with Crippen molar-refractivity contribution >= 4 is 11.7 Å². The SMILES string of the molecule is COc1cc2c(cc1OC)C(C1CC1)N(C(=O)Nc1cccnc1C)CC2. The lowest BCUT2D eigenvalue weighted by molar-refractivity contribution is 0.172. The number of pyridine rings is 1. The number of aromatic nitrogens is 1. The summed E-state index contributed by atoms with van der Waals surface area (Å²) in [5.41, 5.74) is 4.00. The Labute approximate surface area is 159 Å². The summed E-state index contributed by atoms with van der Waals surface area (Å²) in [6.07, 6.45) is 4.83. The normalized spacial score (nSPS) is 18.6. The number of ether oxygens (including phenoxy) is 2. The number of nitrogens with zero attached hydrogens (tertiary/aromatic N) is 2. The van der Waals surface area contributed by atoms with Gasteiger partial charge in [0.1, 0.15) is 0 Å². The molecule has 142 valence electrons. The van der Waals surface area contributed by atoms with E-state index >= 15 is 0 Å².